The molecule has 8 heteroatoms. The number of rotatable bonds is 6. The molecule has 0 unspecified atom stereocenters. The number of nitrogens with zero attached hydrogens (tertiary/aromatic N) is 1. The van der Waals surface area contributed by atoms with E-state index in [9.17, 15) is 17.2 Å². The van der Waals surface area contributed by atoms with Gasteiger partial charge in [0.2, 0.25) is 10.0 Å². The lowest BCUT2D eigenvalue weighted by Crippen LogP contribution is -2.30. The summed E-state index contributed by atoms with van der Waals surface area (Å²) in [6.07, 6.45) is 0. The van der Waals surface area contributed by atoms with Crippen molar-refractivity contribution in [3.8, 4) is 0 Å². The van der Waals surface area contributed by atoms with Crippen molar-refractivity contribution in [1.29, 1.82) is 0 Å². The van der Waals surface area contributed by atoms with E-state index in [4.69, 9.17) is 0 Å². The van der Waals surface area contributed by atoms with Crippen LogP contribution in [0.5, 0.6) is 0 Å². The highest BCUT2D eigenvalue weighted by atomic mass is 32.2. The van der Waals surface area contributed by atoms with E-state index in [1.807, 2.05) is 35.0 Å². The standard InChI is InChI=1S/C16H13F2NO2S3/c17-12-5-6-16(15(18)9-12)24(20,21)19(10-13-3-1-7-22-13)11-14-4-2-8-23-14/h1-9H,10-11H2. The van der Waals surface area contributed by atoms with Gasteiger partial charge in [-0.1, -0.05) is 12.1 Å². The molecule has 0 bridgehead atoms. The second-order valence-corrected chi connectivity index (χ2v) is 8.98. The number of hydrogen-bond acceptors (Lipinski definition) is 4. The molecule has 2 heterocycles. The van der Waals surface area contributed by atoms with Gasteiger partial charge in [0.15, 0.2) is 0 Å². The predicted octanol–water partition coefficient (Wildman–Crippen LogP) is 4.48. The third kappa shape index (κ3) is 3.72. The van der Waals surface area contributed by atoms with Crippen LogP contribution in [0.25, 0.3) is 0 Å². The topological polar surface area (TPSA) is 37.4 Å². The van der Waals surface area contributed by atoms with Crippen LogP contribution in [0, 0.1) is 11.6 Å². The summed E-state index contributed by atoms with van der Waals surface area (Å²) >= 11 is 2.85. The lowest BCUT2D eigenvalue weighted by Gasteiger charge is -2.21. The summed E-state index contributed by atoms with van der Waals surface area (Å²) in [4.78, 5) is 1.17. The average molecular weight is 385 g/mol. The van der Waals surface area contributed by atoms with E-state index in [2.05, 4.69) is 0 Å². The predicted molar refractivity (Wildman–Crippen MR) is 91.4 cm³/mol. The molecule has 0 atom stereocenters. The van der Waals surface area contributed by atoms with Crippen molar-refractivity contribution < 1.29 is 17.2 Å². The van der Waals surface area contributed by atoms with Crippen molar-refractivity contribution in [2.75, 3.05) is 0 Å². The first kappa shape index (κ1) is 17.2. The molecule has 0 saturated carbocycles. The summed E-state index contributed by atoms with van der Waals surface area (Å²) in [6, 6.07) is 9.80. The van der Waals surface area contributed by atoms with Crippen LogP contribution >= 0.6 is 22.7 Å². The maximum atomic E-state index is 14.0. The monoisotopic (exact) mass is 385 g/mol. The molecule has 3 nitrogen and oxygen atoms in total. The minimum absolute atomic E-state index is 0.134. The Bertz CT molecular complexity index is 871. The third-order valence-corrected chi connectivity index (χ3v) is 6.88. The molecule has 0 spiro atoms. The van der Waals surface area contributed by atoms with Crippen molar-refractivity contribution >= 4 is 32.7 Å². The van der Waals surface area contributed by atoms with Gasteiger partial charge in [0.05, 0.1) is 0 Å². The van der Waals surface area contributed by atoms with Crippen LogP contribution in [0.2, 0.25) is 0 Å². The van der Waals surface area contributed by atoms with E-state index in [0.29, 0.717) is 6.07 Å². The molecule has 3 aromatic rings. The van der Waals surface area contributed by atoms with Crippen LogP contribution in [0.15, 0.2) is 58.1 Å². The molecule has 0 saturated heterocycles. The van der Waals surface area contributed by atoms with Gasteiger partial charge in [0.1, 0.15) is 16.5 Å². The first-order chi connectivity index (χ1) is 11.5. The minimum Gasteiger partial charge on any atom is -0.207 e. The largest absolute Gasteiger partial charge is 0.246 e. The maximum Gasteiger partial charge on any atom is 0.246 e. The molecule has 2 aromatic heterocycles. The van der Waals surface area contributed by atoms with Gasteiger partial charge in [-0.25, -0.2) is 17.2 Å². The zero-order chi connectivity index (χ0) is 17.2. The molecule has 0 aliphatic carbocycles. The lowest BCUT2D eigenvalue weighted by atomic mass is 10.3. The Morgan fingerprint density at radius 2 is 1.50 bits per heavy atom. The number of sulfonamides is 1. The third-order valence-electron chi connectivity index (χ3n) is 3.34. The molecular weight excluding hydrogens is 372 g/mol. The summed E-state index contributed by atoms with van der Waals surface area (Å²) in [5.41, 5.74) is 0. The fourth-order valence-corrected chi connectivity index (χ4v) is 5.25. The molecule has 0 amide bonds. The fraction of sp³-hybridized carbons (Fsp3) is 0.125. The molecule has 1 aromatic carbocycles. The Morgan fingerprint density at radius 1 is 0.917 bits per heavy atom. The van der Waals surface area contributed by atoms with E-state index >= 15 is 0 Å². The second kappa shape index (κ2) is 7.10. The van der Waals surface area contributed by atoms with Gasteiger partial charge in [0.25, 0.3) is 0 Å². The number of benzene rings is 1. The van der Waals surface area contributed by atoms with Crippen LogP contribution < -0.4 is 0 Å². The molecule has 0 N–H and O–H groups in total. The van der Waals surface area contributed by atoms with E-state index < -0.39 is 26.6 Å². The van der Waals surface area contributed by atoms with Gasteiger partial charge in [-0.15, -0.1) is 22.7 Å². The highest BCUT2D eigenvalue weighted by Crippen LogP contribution is 2.26. The zero-order valence-electron chi connectivity index (χ0n) is 12.4. The Hall–Kier alpha value is -1.61. The lowest BCUT2D eigenvalue weighted by molar-refractivity contribution is 0.403. The Balaban J connectivity index is 1.99. The molecule has 0 radical (unpaired) electrons. The summed E-state index contributed by atoms with van der Waals surface area (Å²) in [7, 11) is -4.10. The van der Waals surface area contributed by atoms with Gasteiger partial charge in [-0.05, 0) is 35.0 Å². The van der Waals surface area contributed by atoms with Crippen LogP contribution in [-0.4, -0.2) is 12.7 Å². The van der Waals surface area contributed by atoms with Crippen molar-refractivity contribution in [2.45, 2.75) is 18.0 Å². The van der Waals surface area contributed by atoms with Crippen molar-refractivity contribution in [3.05, 3.63) is 74.6 Å². The smallest absolute Gasteiger partial charge is 0.207 e. The molecule has 0 aliphatic rings. The van der Waals surface area contributed by atoms with Gasteiger partial charge < -0.3 is 0 Å². The quantitative estimate of drug-likeness (QED) is 0.627. The van der Waals surface area contributed by atoms with Gasteiger partial charge in [-0.2, -0.15) is 4.31 Å². The van der Waals surface area contributed by atoms with Crippen LogP contribution in [0.3, 0.4) is 0 Å². The highest BCUT2D eigenvalue weighted by molar-refractivity contribution is 7.89. The minimum atomic E-state index is -4.10. The Morgan fingerprint density at radius 3 is 1.96 bits per heavy atom. The van der Waals surface area contributed by atoms with Gasteiger partial charge in [-0.3, -0.25) is 0 Å². The van der Waals surface area contributed by atoms with Gasteiger partial charge in [0, 0.05) is 28.9 Å². The van der Waals surface area contributed by atoms with Crippen LogP contribution in [-0.2, 0) is 23.1 Å². The molecule has 126 valence electrons. The summed E-state index contributed by atoms with van der Waals surface area (Å²) in [6.45, 7) is 0.267. The van der Waals surface area contributed by atoms with E-state index in [0.717, 1.165) is 21.9 Å². The maximum absolute atomic E-state index is 14.0. The molecular formula is C16H13F2NO2S3. The molecule has 0 aliphatic heterocycles. The zero-order valence-corrected chi connectivity index (χ0v) is 14.8. The van der Waals surface area contributed by atoms with Crippen LogP contribution in [0.4, 0.5) is 8.78 Å². The Labute approximate surface area is 146 Å². The summed E-state index contributed by atoms with van der Waals surface area (Å²) in [5, 5.41) is 3.70. The Kier molecular flexibility index (Phi) is 5.09. The number of hydrogen-bond donors (Lipinski definition) is 0. The molecule has 3 rings (SSSR count). The van der Waals surface area contributed by atoms with Crippen molar-refractivity contribution in [1.82, 2.24) is 4.31 Å². The fourth-order valence-electron chi connectivity index (χ4n) is 2.20. The van der Waals surface area contributed by atoms with Gasteiger partial charge >= 0.3 is 0 Å². The SMILES string of the molecule is O=S(=O)(c1ccc(F)cc1F)N(Cc1cccs1)Cc1cccs1. The second-order valence-electron chi connectivity index (χ2n) is 5.01. The first-order valence-corrected chi connectivity index (χ1v) is 10.2. The summed E-state index contributed by atoms with van der Waals surface area (Å²) < 4.78 is 54.1. The van der Waals surface area contributed by atoms with E-state index in [1.54, 1.807) is 0 Å². The average Bonchev–Trinajstić information content (AvgIpc) is 3.19. The van der Waals surface area contributed by atoms with E-state index in [-0.39, 0.29) is 13.1 Å². The number of halogens is 2. The van der Waals surface area contributed by atoms with Crippen molar-refractivity contribution in [3.63, 3.8) is 0 Å². The first-order valence-electron chi connectivity index (χ1n) is 6.97. The normalized spacial score (nSPS) is 12.0. The van der Waals surface area contributed by atoms with Crippen molar-refractivity contribution in [2.24, 2.45) is 0 Å². The molecule has 24 heavy (non-hydrogen) atoms. The molecule has 0 fully saturated rings. The summed E-state index contributed by atoms with van der Waals surface area (Å²) in [5.74, 6) is -1.90. The highest BCUT2D eigenvalue weighted by Gasteiger charge is 2.28. The van der Waals surface area contributed by atoms with E-state index in [1.165, 1.54) is 27.0 Å². The van der Waals surface area contributed by atoms with Crippen LogP contribution in [0.1, 0.15) is 9.75 Å². The number of thiophene rings is 2.